The Morgan fingerprint density at radius 2 is 1.15 bits per heavy atom. The van der Waals surface area contributed by atoms with Gasteiger partial charge in [-0.1, -0.05) is 91.0 Å². The maximum atomic E-state index is 11.9. The Balaban J connectivity index is 1.54. The van der Waals surface area contributed by atoms with E-state index in [0.717, 1.165) is 43.6 Å². The van der Waals surface area contributed by atoms with E-state index in [0.29, 0.717) is 0 Å². The lowest BCUT2D eigenvalue weighted by Gasteiger charge is -2.42. The molecule has 0 aliphatic carbocycles. The topological polar surface area (TPSA) is 23.5 Å². The van der Waals surface area contributed by atoms with Crippen molar-refractivity contribution in [1.29, 1.82) is 0 Å². The first-order chi connectivity index (χ1) is 13.3. The van der Waals surface area contributed by atoms with E-state index in [2.05, 4.69) is 59.5 Å². The minimum Gasteiger partial charge on any atom is -0.380 e. The van der Waals surface area contributed by atoms with Crippen molar-refractivity contribution in [2.24, 2.45) is 5.92 Å². The van der Waals surface area contributed by atoms with Gasteiger partial charge in [-0.3, -0.25) is 4.90 Å². The molecule has 0 spiro atoms. The highest BCUT2D eigenvalue weighted by molar-refractivity contribution is 5.37. The molecule has 1 saturated heterocycles. The summed E-state index contributed by atoms with van der Waals surface area (Å²) in [4.78, 5) is 2.50. The molecule has 1 aliphatic rings. The second-order valence-corrected chi connectivity index (χ2v) is 7.53. The number of benzene rings is 3. The zero-order valence-corrected chi connectivity index (χ0v) is 15.7. The molecule has 0 bridgehead atoms. The van der Waals surface area contributed by atoms with Gasteiger partial charge in [-0.05, 0) is 48.5 Å². The van der Waals surface area contributed by atoms with Gasteiger partial charge in [-0.15, -0.1) is 0 Å². The van der Waals surface area contributed by atoms with E-state index in [1.807, 2.05) is 36.4 Å². The minimum atomic E-state index is -0.929. The summed E-state index contributed by atoms with van der Waals surface area (Å²) in [6.45, 7) is 3.02. The fourth-order valence-electron chi connectivity index (χ4n) is 4.37. The third kappa shape index (κ3) is 3.83. The first-order valence-electron chi connectivity index (χ1n) is 9.86. The Morgan fingerprint density at radius 3 is 1.63 bits per heavy atom. The van der Waals surface area contributed by atoms with Crippen LogP contribution in [0.1, 0.15) is 29.5 Å². The number of piperidine rings is 1. The zero-order chi connectivity index (χ0) is 18.5. The quantitative estimate of drug-likeness (QED) is 0.707. The predicted octanol–water partition coefficient (Wildman–Crippen LogP) is 4.83. The van der Waals surface area contributed by atoms with Gasteiger partial charge >= 0.3 is 0 Å². The molecule has 4 rings (SSSR count). The summed E-state index contributed by atoms with van der Waals surface area (Å²) in [5.74, 6) is 0.217. The average molecular weight is 357 g/mol. The van der Waals surface area contributed by atoms with E-state index in [1.54, 1.807) is 0 Å². The number of aliphatic hydroxyl groups is 1. The normalized spacial score (nSPS) is 16.3. The SMILES string of the molecule is OC(c1ccccc1)(c1ccccc1)C1CCN(Cc2ccccc2)CC1. The Hall–Kier alpha value is -2.42. The van der Waals surface area contributed by atoms with Crippen LogP contribution >= 0.6 is 0 Å². The molecule has 0 radical (unpaired) electrons. The second kappa shape index (κ2) is 8.08. The van der Waals surface area contributed by atoms with Crippen LogP contribution in [0.25, 0.3) is 0 Å². The lowest BCUT2D eigenvalue weighted by Crippen LogP contribution is -2.44. The summed E-state index contributed by atoms with van der Waals surface area (Å²) in [7, 11) is 0. The first-order valence-corrected chi connectivity index (χ1v) is 9.86. The standard InChI is InChI=1S/C25H27NO/c27-25(22-12-6-2-7-13-22,23-14-8-3-9-15-23)24-16-18-26(19-17-24)20-21-10-4-1-5-11-21/h1-15,24,27H,16-20H2. The monoisotopic (exact) mass is 357 g/mol. The van der Waals surface area contributed by atoms with Gasteiger partial charge in [0.15, 0.2) is 0 Å². The molecule has 0 atom stereocenters. The van der Waals surface area contributed by atoms with Gasteiger partial charge in [0.1, 0.15) is 5.60 Å². The fourth-order valence-corrected chi connectivity index (χ4v) is 4.37. The van der Waals surface area contributed by atoms with Crippen LogP contribution in [0.4, 0.5) is 0 Å². The number of hydrogen-bond donors (Lipinski definition) is 1. The van der Waals surface area contributed by atoms with Crippen LogP contribution in [0.3, 0.4) is 0 Å². The first kappa shape index (κ1) is 18.0. The zero-order valence-electron chi connectivity index (χ0n) is 15.7. The van der Waals surface area contributed by atoms with Crippen molar-refractivity contribution in [2.75, 3.05) is 13.1 Å². The van der Waals surface area contributed by atoms with Crippen molar-refractivity contribution < 1.29 is 5.11 Å². The van der Waals surface area contributed by atoms with E-state index in [4.69, 9.17) is 0 Å². The van der Waals surface area contributed by atoms with Gasteiger partial charge in [0, 0.05) is 6.54 Å². The molecule has 0 unspecified atom stereocenters. The third-order valence-corrected chi connectivity index (χ3v) is 5.86. The van der Waals surface area contributed by atoms with Crippen molar-refractivity contribution in [2.45, 2.75) is 25.0 Å². The van der Waals surface area contributed by atoms with E-state index in [1.165, 1.54) is 5.56 Å². The van der Waals surface area contributed by atoms with Gasteiger partial charge in [0.2, 0.25) is 0 Å². The molecule has 2 nitrogen and oxygen atoms in total. The molecule has 1 aliphatic heterocycles. The molecule has 2 heteroatoms. The van der Waals surface area contributed by atoms with Crippen LogP contribution in [-0.2, 0) is 12.1 Å². The summed E-state index contributed by atoms with van der Waals surface area (Å²) in [5.41, 5.74) is 2.43. The van der Waals surface area contributed by atoms with Crippen LogP contribution < -0.4 is 0 Å². The predicted molar refractivity (Wildman–Crippen MR) is 110 cm³/mol. The number of rotatable bonds is 5. The van der Waals surface area contributed by atoms with Crippen molar-refractivity contribution in [3.05, 3.63) is 108 Å². The van der Waals surface area contributed by atoms with Crippen LogP contribution in [0.15, 0.2) is 91.0 Å². The lowest BCUT2D eigenvalue weighted by molar-refractivity contribution is -0.0152. The smallest absolute Gasteiger partial charge is 0.117 e. The summed E-state index contributed by atoms with van der Waals surface area (Å²) in [5, 5.41) is 11.9. The molecule has 27 heavy (non-hydrogen) atoms. The highest BCUT2D eigenvalue weighted by Crippen LogP contribution is 2.42. The van der Waals surface area contributed by atoms with Crippen molar-refractivity contribution in [3.8, 4) is 0 Å². The molecule has 138 valence electrons. The second-order valence-electron chi connectivity index (χ2n) is 7.53. The molecule has 0 saturated carbocycles. The van der Waals surface area contributed by atoms with Crippen molar-refractivity contribution >= 4 is 0 Å². The molecular weight excluding hydrogens is 330 g/mol. The minimum absolute atomic E-state index is 0.217. The van der Waals surface area contributed by atoms with Gasteiger partial charge in [0.05, 0.1) is 0 Å². The summed E-state index contributed by atoms with van der Waals surface area (Å²) >= 11 is 0. The summed E-state index contributed by atoms with van der Waals surface area (Å²) < 4.78 is 0. The molecule has 1 N–H and O–H groups in total. The van der Waals surface area contributed by atoms with Crippen LogP contribution in [0, 0.1) is 5.92 Å². The van der Waals surface area contributed by atoms with Crippen LogP contribution in [0.2, 0.25) is 0 Å². The third-order valence-electron chi connectivity index (χ3n) is 5.86. The molecule has 1 fully saturated rings. The van der Waals surface area contributed by atoms with E-state index in [9.17, 15) is 5.11 Å². The maximum absolute atomic E-state index is 11.9. The lowest BCUT2D eigenvalue weighted by atomic mass is 9.72. The Kier molecular flexibility index (Phi) is 5.38. The van der Waals surface area contributed by atoms with E-state index >= 15 is 0 Å². The van der Waals surface area contributed by atoms with E-state index in [-0.39, 0.29) is 5.92 Å². The van der Waals surface area contributed by atoms with Crippen molar-refractivity contribution in [3.63, 3.8) is 0 Å². The Labute approximate surface area is 162 Å². The Bertz CT molecular complexity index is 784. The summed E-state index contributed by atoms with van der Waals surface area (Å²) in [6, 6.07) is 31.0. The van der Waals surface area contributed by atoms with E-state index < -0.39 is 5.60 Å². The number of nitrogens with zero attached hydrogens (tertiary/aromatic N) is 1. The molecule has 3 aromatic rings. The maximum Gasteiger partial charge on any atom is 0.117 e. The van der Waals surface area contributed by atoms with Gasteiger partial charge < -0.3 is 5.11 Å². The highest BCUT2D eigenvalue weighted by Gasteiger charge is 2.41. The van der Waals surface area contributed by atoms with Crippen LogP contribution in [-0.4, -0.2) is 23.1 Å². The largest absolute Gasteiger partial charge is 0.380 e. The van der Waals surface area contributed by atoms with Gasteiger partial charge in [0.25, 0.3) is 0 Å². The highest BCUT2D eigenvalue weighted by atomic mass is 16.3. The number of likely N-dealkylation sites (tertiary alicyclic amines) is 1. The molecule has 1 heterocycles. The molecular formula is C25H27NO. The summed E-state index contributed by atoms with van der Waals surface area (Å²) in [6.07, 6.45) is 1.99. The molecule has 0 aromatic heterocycles. The fraction of sp³-hybridized carbons (Fsp3) is 0.280. The van der Waals surface area contributed by atoms with Crippen molar-refractivity contribution in [1.82, 2.24) is 4.90 Å². The number of hydrogen-bond acceptors (Lipinski definition) is 2. The van der Waals surface area contributed by atoms with Crippen LogP contribution in [0.5, 0.6) is 0 Å². The van der Waals surface area contributed by atoms with Gasteiger partial charge in [-0.2, -0.15) is 0 Å². The Morgan fingerprint density at radius 1 is 0.704 bits per heavy atom. The molecule has 3 aromatic carbocycles. The molecule has 0 amide bonds. The van der Waals surface area contributed by atoms with Gasteiger partial charge in [-0.25, -0.2) is 0 Å². The average Bonchev–Trinajstić information content (AvgIpc) is 2.76.